The van der Waals surface area contributed by atoms with E-state index in [1.807, 2.05) is 12.1 Å². The van der Waals surface area contributed by atoms with Crippen LogP contribution in [0.5, 0.6) is 0 Å². The van der Waals surface area contributed by atoms with E-state index in [0.29, 0.717) is 12.2 Å². The lowest BCUT2D eigenvalue weighted by molar-refractivity contribution is 0.0697. The van der Waals surface area contributed by atoms with Crippen LogP contribution in [0.15, 0.2) is 34.1 Å². The highest BCUT2D eigenvalue weighted by Crippen LogP contribution is 2.24. The highest BCUT2D eigenvalue weighted by molar-refractivity contribution is 9.11. The number of carbonyl (C=O) groups is 2. The second-order valence-corrected chi connectivity index (χ2v) is 6.97. The van der Waals surface area contributed by atoms with Crippen LogP contribution in [0, 0.1) is 0 Å². The number of amides is 2. The highest BCUT2D eigenvalue weighted by atomic mass is 79.9. The van der Waals surface area contributed by atoms with Crippen molar-refractivity contribution in [2.45, 2.75) is 6.54 Å². The molecule has 0 unspecified atom stereocenters. The number of halogens is 2. The van der Waals surface area contributed by atoms with Crippen molar-refractivity contribution in [3.63, 3.8) is 0 Å². The summed E-state index contributed by atoms with van der Waals surface area (Å²) in [6.07, 6.45) is 0. The minimum absolute atomic E-state index is 0.0643. The Morgan fingerprint density at radius 1 is 1.29 bits per heavy atom. The molecular weight excluding hydrogens is 380 g/mol. The molecule has 110 valence electrons. The number of carboxylic acid groups (broad SMARTS) is 1. The molecule has 0 aliphatic rings. The van der Waals surface area contributed by atoms with Gasteiger partial charge in [-0.05, 0) is 46.3 Å². The molecule has 0 aliphatic heterocycles. The van der Waals surface area contributed by atoms with E-state index in [1.165, 1.54) is 29.5 Å². The number of aromatic carboxylic acids is 1. The summed E-state index contributed by atoms with van der Waals surface area (Å²) in [4.78, 5) is 23.6. The summed E-state index contributed by atoms with van der Waals surface area (Å²) in [5.74, 6) is -1.07. The number of hydrogen-bond acceptors (Lipinski definition) is 3. The third kappa shape index (κ3) is 4.45. The van der Waals surface area contributed by atoms with Gasteiger partial charge in [-0.3, -0.25) is 0 Å². The van der Waals surface area contributed by atoms with Gasteiger partial charge in [0.15, 0.2) is 0 Å². The monoisotopic (exact) mass is 388 g/mol. The van der Waals surface area contributed by atoms with E-state index in [4.69, 9.17) is 16.7 Å². The summed E-state index contributed by atoms with van der Waals surface area (Å²) < 4.78 is 0.993. The largest absolute Gasteiger partial charge is 0.478 e. The number of benzene rings is 1. The van der Waals surface area contributed by atoms with Crippen molar-refractivity contribution in [2.24, 2.45) is 0 Å². The zero-order valence-electron chi connectivity index (χ0n) is 10.5. The maximum absolute atomic E-state index is 11.8. The van der Waals surface area contributed by atoms with Crippen LogP contribution in [0.25, 0.3) is 0 Å². The number of nitrogens with one attached hydrogen (secondary N) is 2. The van der Waals surface area contributed by atoms with Gasteiger partial charge in [0.05, 0.1) is 26.6 Å². The van der Waals surface area contributed by atoms with Crippen LogP contribution in [0.1, 0.15) is 15.2 Å². The summed E-state index contributed by atoms with van der Waals surface area (Å²) in [6, 6.07) is 7.51. The minimum Gasteiger partial charge on any atom is -0.478 e. The average molecular weight is 390 g/mol. The Labute approximate surface area is 138 Å². The number of anilines is 1. The molecule has 1 aromatic heterocycles. The average Bonchev–Trinajstić information content (AvgIpc) is 2.84. The van der Waals surface area contributed by atoms with Gasteiger partial charge in [0.2, 0.25) is 0 Å². The molecule has 0 fully saturated rings. The molecule has 0 spiro atoms. The smallest absolute Gasteiger partial charge is 0.335 e. The van der Waals surface area contributed by atoms with Crippen molar-refractivity contribution < 1.29 is 14.7 Å². The SMILES string of the molecule is O=C(NCc1ccc(Br)s1)Nc1ccc(C(=O)O)cc1Cl. The molecule has 2 rings (SSSR count). The van der Waals surface area contributed by atoms with E-state index in [1.54, 1.807) is 0 Å². The van der Waals surface area contributed by atoms with Crippen LogP contribution in [-0.2, 0) is 6.54 Å². The summed E-state index contributed by atoms with van der Waals surface area (Å²) in [7, 11) is 0. The lowest BCUT2D eigenvalue weighted by Gasteiger charge is -2.09. The first-order valence-corrected chi connectivity index (χ1v) is 7.76. The molecule has 0 aliphatic carbocycles. The van der Waals surface area contributed by atoms with Crippen molar-refractivity contribution in [3.05, 3.63) is 49.6 Å². The molecule has 3 N–H and O–H groups in total. The van der Waals surface area contributed by atoms with Crippen molar-refractivity contribution in [3.8, 4) is 0 Å². The van der Waals surface area contributed by atoms with Gasteiger partial charge in [0, 0.05) is 4.88 Å². The number of rotatable bonds is 4. The third-order valence-electron chi connectivity index (χ3n) is 2.52. The molecule has 0 atom stereocenters. The van der Waals surface area contributed by atoms with Crippen LogP contribution in [0.2, 0.25) is 5.02 Å². The van der Waals surface area contributed by atoms with E-state index in [0.717, 1.165) is 8.66 Å². The summed E-state index contributed by atoms with van der Waals surface area (Å²) in [5.41, 5.74) is 0.418. The lowest BCUT2D eigenvalue weighted by atomic mass is 10.2. The lowest BCUT2D eigenvalue weighted by Crippen LogP contribution is -2.28. The molecule has 2 amide bonds. The van der Waals surface area contributed by atoms with Gasteiger partial charge < -0.3 is 15.7 Å². The predicted octanol–water partition coefficient (Wildman–Crippen LogP) is 4.18. The van der Waals surface area contributed by atoms with Gasteiger partial charge >= 0.3 is 12.0 Å². The summed E-state index contributed by atoms with van der Waals surface area (Å²) >= 11 is 10.8. The highest BCUT2D eigenvalue weighted by Gasteiger charge is 2.09. The Balaban J connectivity index is 1.94. The second-order valence-electron chi connectivity index (χ2n) is 4.01. The van der Waals surface area contributed by atoms with E-state index in [2.05, 4.69) is 26.6 Å². The minimum atomic E-state index is -1.07. The molecule has 2 aromatic rings. The van der Waals surface area contributed by atoms with Crippen molar-refractivity contribution in [1.29, 1.82) is 0 Å². The predicted molar refractivity (Wildman–Crippen MR) is 86.3 cm³/mol. The summed E-state index contributed by atoms with van der Waals surface area (Å²) in [5, 5.41) is 14.3. The Hall–Kier alpha value is -1.57. The molecule has 5 nitrogen and oxygen atoms in total. The molecule has 0 saturated carbocycles. The first kappa shape index (κ1) is 15.8. The maximum atomic E-state index is 11.8. The van der Waals surface area contributed by atoms with Crippen LogP contribution < -0.4 is 10.6 Å². The van der Waals surface area contributed by atoms with Crippen LogP contribution in [-0.4, -0.2) is 17.1 Å². The van der Waals surface area contributed by atoms with Crippen LogP contribution in [0.4, 0.5) is 10.5 Å². The van der Waals surface area contributed by atoms with E-state index in [-0.39, 0.29) is 10.6 Å². The van der Waals surface area contributed by atoms with Gasteiger partial charge in [-0.2, -0.15) is 0 Å². The quantitative estimate of drug-likeness (QED) is 0.734. The van der Waals surface area contributed by atoms with Gasteiger partial charge in [-0.1, -0.05) is 11.6 Å². The molecule has 1 aromatic carbocycles. The Bertz CT molecular complexity index is 690. The number of hydrogen-bond donors (Lipinski definition) is 3. The van der Waals surface area contributed by atoms with Crippen LogP contribution in [0.3, 0.4) is 0 Å². The fourth-order valence-electron chi connectivity index (χ4n) is 1.53. The molecule has 21 heavy (non-hydrogen) atoms. The zero-order valence-corrected chi connectivity index (χ0v) is 13.7. The number of thiophene rings is 1. The number of carbonyl (C=O) groups excluding carboxylic acids is 1. The number of urea groups is 1. The Kier molecular flexibility index (Phi) is 5.22. The summed E-state index contributed by atoms with van der Waals surface area (Å²) in [6.45, 7) is 0.396. The van der Waals surface area contributed by atoms with Gasteiger partial charge in [-0.25, -0.2) is 9.59 Å². The molecule has 0 saturated heterocycles. The van der Waals surface area contributed by atoms with Gasteiger partial charge in [-0.15, -0.1) is 11.3 Å². The first-order valence-electron chi connectivity index (χ1n) is 5.77. The van der Waals surface area contributed by atoms with Crippen LogP contribution >= 0.6 is 38.9 Å². The molecular formula is C13H10BrClN2O3S. The Morgan fingerprint density at radius 3 is 2.62 bits per heavy atom. The Morgan fingerprint density at radius 2 is 2.05 bits per heavy atom. The van der Waals surface area contributed by atoms with Crippen molar-refractivity contribution >= 4 is 56.6 Å². The maximum Gasteiger partial charge on any atom is 0.335 e. The first-order chi connectivity index (χ1) is 9.95. The second kappa shape index (κ2) is 6.93. The zero-order chi connectivity index (χ0) is 15.4. The normalized spacial score (nSPS) is 10.2. The van der Waals surface area contributed by atoms with Crippen molar-refractivity contribution in [2.75, 3.05) is 5.32 Å². The molecule has 1 heterocycles. The fraction of sp³-hybridized carbons (Fsp3) is 0.0769. The standard InChI is InChI=1S/C13H10BrClN2O3S/c14-11-4-2-8(21-11)6-16-13(20)17-10-3-1-7(12(18)19)5-9(10)15/h1-5H,6H2,(H,18,19)(H2,16,17,20). The van der Waals surface area contributed by atoms with E-state index < -0.39 is 12.0 Å². The van der Waals surface area contributed by atoms with Gasteiger partial charge in [0.1, 0.15) is 0 Å². The van der Waals surface area contributed by atoms with Crippen molar-refractivity contribution in [1.82, 2.24) is 5.32 Å². The molecule has 0 bridgehead atoms. The topological polar surface area (TPSA) is 78.4 Å². The fourth-order valence-corrected chi connectivity index (χ4v) is 3.18. The van der Waals surface area contributed by atoms with E-state index in [9.17, 15) is 9.59 Å². The molecule has 0 radical (unpaired) electrons. The van der Waals surface area contributed by atoms with E-state index >= 15 is 0 Å². The number of carboxylic acids is 1. The third-order valence-corrected chi connectivity index (χ3v) is 4.45. The van der Waals surface area contributed by atoms with Gasteiger partial charge in [0.25, 0.3) is 0 Å². The molecule has 8 heteroatoms.